The Hall–Kier alpha value is -2.12. The first-order valence-corrected chi connectivity index (χ1v) is 11.1. The molecule has 1 fully saturated rings. The van der Waals surface area contributed by atoms with Gasteiger partial charge in [0.25, 0.3) is 0 Å². The maximum absolute atomic E-state index is 12.6. The molecular weight excluding hydrogens is 390 g/mol. The lowest BCUT2D eigenvalue weighted by Crippen LogP contribution is -2.15. The second kappa shape index (κ2) is 7.72. The van der Waals surface area contributed by atoms with E-state index in [0.717, 1.165) is 39.5 Å². The van der Waals surface area contributed by atoms with Crippen LogP contribution in [-0.4, -0.2) is 28.7 Å². The molecule has 0 atom stereocenters. The van der Waals surface area contributed by atoms with Gasteiger partial charge in [0.2, 0.25) is 5.91 Å². The van der Waals surface area contributed by atoms with E-state index in [1.165, 1.54) is 22.2 Å². The van der Waals surface area contributed by atoms with E-state index in [9.17, 15) is 4.79 Å². The zero-order valence-electron chi connectivity index (χ0n) is 16.5. The van der Waals surface area contributed by atoms with Crippen molar-refractivity contribution in [1.82, 2.24) is 9.97 Å². The van der Waals surface area contributed by atoms with Gasteiger partial charge in [-0.1, -0.05) is 17.8 Å². The van der Waals surface area contributed by atoms with Gasteiger partial charge in [-0.05, 0) is 56.9 Å². The number of thioether (sulfide) groups is 1. The fourth-order valence-electron chi connectivity index (χ4n) is 3.10. The summed E-state index contributed by atoms with van der Waals surface area (Å²) in [7, 11) is 1.60. The van der Waals surface area contributed by atoms with Crippen LogP contribution in [0.5, 0.6) is 5.75 Å². The summed E-state index contributed by atoms with van der Waals surface area (Å²) in [4.78, 5) is 24.5. The third-order valence-electron chi connectivity index (χ3n) is 4.92. The van der Waals surface area contributed by atoms with Crippen molar-refractivity contribution in [3.63, 3.8) is 0 Å². The molecule has 1 saturated carbocycles. The molecule has 1 aromatic carbocycles. The van der Waals surface area contributed by atoms with E-state index in [2.05, 4.69) is 19.2 Å². The molecular formula is C21H23N3O2S2. The molecule has 1 N–H and O–H groups in total. The Morgan fingerprint density at radius 3 is 2.79 bits per heavy atom. The average Bonchev–Trinajstić information content (AvgIpc) is 3.47. The van der Waals surface area contributed by atoms with Gasteiger partial charge in [-0.15, -0.1) is 11.3 Å². The smallest absolute Gasteiger partial charge is 0.234 e. The van der Waals surface area contributed by atoms with Crippen molar-refractivity contribution in [2.75, 3.05) is 18.2 Å². The van der Waals surface area contributed by atoms with Gasteiger partial charge in [-0.2, -0.15) is 0 Å². The van der Waals surface area contributed by atoms with Crippen molar-refractivity contribution in [2.24, 2.45) is 0 Å². The van der Waals surface area contributed by atoms with Gasteiger partial charge in [0.15, 0.2) is 0 Å². The third-order valence-corrected chi connectivity index (χ3v) is 7.00. The lowest BCUT2D eigenvalue weighted by Gasteiger charge is -2.11. The fourth-order valence-corrected chi connectivity index (χ4v) is 5.09. The third kappa shape index (κ3) is 3.86. The predicted molar refractivity (Wildman–Crippen MR) is 116 cm³/mol. The predicted octanol–water partition coefficient (Wildman–Crippen LogP) is 5.23. The molecule has 0 unspecified atom stereocenters. The van der Waals surface area contributed by atoms with Crippen LogP contribution in [0, 0.1) is 20.8 Å². The number of rotatable bonds is 6. The Labute approximate surface area is 172 Å². The molecule has 1 amide bonds. The molecule has 0 bridgehead atoms. The molecule has 2 aromatic heterocycles. The number of nitrogens with zero attached hydrogens (tertiary/aromatic N) is 2. The van der Waals surface area contributed by atoms with Gasteiger partial charge in [0, 0.05) is 16.2 Å². The van der Waals surface area contributed by atoms with Crippen molar-refractivity contribution < 1.29 is 9.53 Å². The van der Waals surface area contributed by atoms with Crippen LogP contribution < -0.4 is 10.1 Å². The van der Waals surface area contributed by atoms with Crippen LogP contribution in [0.15, 0.2) is 23.2 Å². The number of aromatic nitrogens is 2. The Balaban J connectivity index is 1.55. The first-order chi connectivity index (χ1) is 13.5. The molecule has 0 saturated heterocycles. The molecule has 2 heterocycles. The summed E-state index contributed by atoms with van der Waals surface area (Å²) >= 11 is 3.20. The Morgan fingerprint density at radius 2 is 2.07 bits per heavy atom. The van der Waals surface area contributed by atoms with Gasteiger partial charge < -0.3 is 10.1 Å². The Morgan fingerprint density at radius 1 is 1.29 bits per heavy atom. The molecule has 3 aromatic rings. The standard InChI is InChI=1S/C21H23N3O2S2/c1-11-5-8-16(26-4)15(9-11)22-17(25)10-27-20-18-12(2)13(3)28-21(18)24-19(23-20)14-6-7-14/h5,8-9,14H,6-7,10H2,1-4H3,(H,22,25). The summed E-state index contributed by atoms with van der Waals surface area (Å²) in [6.07, 6.45) is 2.32. The van der Waals surface area contributed by atoms with Crippen molar-refractivity contribution in [1.29, 1.82) is 0 Å². The highest BCUT2D eigenvalue weighted by molar-refractivity contribution is 8.00. The van der Waals surface area contributed by atoms with E-state index in [1.807, 2.05) is 25.1 Å². The normalized spacial score (nSPS) is 13.7. The number of aryl methyl sites for hydroxylation is 3. The zero-order chi connectivity index (χ0) is 19.8. The lowest BCUT2D eigenvalue weighted by molar-refractivity contribution is -0.113. The number of thiophene rings is 1. The van der Waals surface area contributed by atoms with Crippen LogP contribution in [0.2, 0.25) is 0 Å². The highest BCUT2D eigenvalue weighted by atomic mass is 32.2. The number of hydrogen-bond donors (Lipinski definition) is 1. The van der Waals surface area contributed by atoms with Crippen molar-refractivity contribution in [2.45, 2.75) is 44.6 Å². The SMILES string of the molecule is COc1ccc(C)cc1NC(=O)CSc1nc(C2CC2)nc2sc(C)c(C)c12. The summed E-state index contributed by atoms with van der Waals surface area (Å²) in [5, 5.41) is 4.98. The minimum atomic E-state index is -0.0711. The number of methoxy groups -OCH3 is 1. The van der Waals surface area contributed by atoms with Crippen molar-refractivity contribution in [3.8, 4) is 5.75 Å². The molecule has 0 spiro atoms. The second-order valence-corrected chi connectivity index (χ2v) is 9.33. The zero-order valence-corrected chi connectivity index (χ0v) is 18.1. The number of benzene rings is 1. The number of carbonyl (C=O) groups excluding carboxylic acids is 1. The number of ether oxygens (including phenoxy) is 1. The maximum Gasteiger partial charge on any atom is 0.234 e. The first kappa shape index (κ1) is 19.2. The van der Waals surface area contributed by atoms with Gasteiger partial charge in [-0.25, -0.2) is 9.97 Å². The highest BCUT2D eigenvalue weighted by Crippen LogP contribution is 2.42. The quantitative estimate of drug-likeness (QED) is 0.443. The summed E-state index contributed by atoms with van der Waals surface area (Å²) in [6.45, 7) is 6.21. The number of fused-ring (bicyclic) bond motifs is 1. The number of nitrogens with one attached hydrogen (secondary N) is 1. The minimum absolute atomic E-state index is 0.0711. The van der Waals surface area contributed by atoms with Crippen molar-refractivity contribution >= 4 is 44.9 Å². The van der Waals surface area contributed by atoms with E-state index in [4.69, 9.17) is 14.7 Å². The summed E-state index contributed by atoms with van der Waals surface area (Å²) in [6, 6.07) is 5.75. The number of carbonyl (C=O) groups is 1. The molecule has 5 nitrogen and oxygen atoms in total. The average molecular weight is 414 g/mol. The molecule has 28 heavy (non-hydrogen) atoms. The molecule has 0 aliphatic heterocycles. The second-order valence-electron chi connectivity index (χ2n) is 7.17. The first-order valence-electron chi connectivity index (χ1n) is 9.31. The molecule has 7 heteroatoms. The van der Waals surface area contributed by atoms with Crippen LogP contribution in [0.4, 0.5) is 5.69 Å². The lowest BCUT2D eigenvalue weighted by atomic mass is 10.2. The largest absolute Gasteiger partial charge is 0.495 e. The topological polar surface area (TPSA) is 64.1 Å². The molecule has 0 radical (unpaired) electrons. The van der Waals surface area contributed by atoms with Crippen LogP contribution in [0.25, 0.3) is 10.2 Å². The monoisotopic (exact) mass is 413 g/mol. The number of anilines is 1. The molecule has 146 valence electrons. The van der Waals surface area contributed by atoms with E-state index in [1.54, 1.807) is 18.4 Å². The molecule has 4 rings (SSSR count). The highest BCUT2D eigenvalue weighted by Gasteiger charge is 2.28. The van der Waals surface area contributed by atoms with Gasteiger partial charge in [0.1, 0.15) is 21.4 Å². The molecule has 1 aliphatic carbocycles. The van der Waals surface area contributed by atoms with E-state index in [-0.39, 0.29) is 5.91 Å². The number of amides is 1. The van der Waals surface area contributed by atoms with E-state index < -0.39 is 0 Å². The van der Waals surface area contributed by atoms with Crippen molar-refractivity contribution in [3.05, 3.63) is 40.0 Å². The Bertz CT molecular complexity index is 1060. The molecule has 1 aliphatic rings. The van der Waals surface area contributed by atoms with Crippen LogP contribution >= 0.6 is 23.1 Å². The van der Waals surface area contributed by atoms with Gasteiger partial charge in [-0.3, -0.25) is 4.79 Å². The minimum Gasteiger partial charge on any atom is -0.495 e. The van der Waals surface area contributed by atoms with E-state index in [0.29, 0.717) is 23.1 Å². The van der Waals surface area contributed by atoms with E-state index >= 15 is 0 Å². The van der Waals surface area contributed by atoms with Gasteiger partial charge in [0.05, 0.1) is 18.6 Å². The van der Waals surface area contributed by atoms with Crippen LogP contribution in [0.1, 0.15) is 40.6 Å². The maximum atomic E-state index is 12.6. The van der Waals surface area contributed by atoms with Crippen LogP contribution in [-0.2, 0) is 4.79 Å². The summed E-state index contributed by atoms with van der Waals surface area (Å²) in [5.41, 5.74) is 2.98. The summed E-state index contributed by atoms with van der Waals surface area (Å²) in [5.74, 6) is 2.29. The Kier molecular flexibility index (Phi) is 5.29. The van der Waals surface area contributed by atoms with Gasteiger partial charge >= 0.3 is 0 Å². The van der Waals surface area contributed by atoms with Crippen LogP contribution in [0.3, 0.4) is 0 Å². The fraction of sp³-hybridized carbons (Fsp3) is 0.381. The summed E-state index contributed by atoms with van der Waals surface area (Å²) < 4.78 is 5.35. The number of hydrogen-bond acceptors (Lipinski definition) is 6.